The lowest BCUT2D eigenvalue weighted by Crippen LogP contribution is -2.26. The van der Waals surface area contributed by atoms with Crippen LogP contribution in [0.1, 0.15) is 51.4 Å². The molecule has 0 bridgehead atoms. The maximum atomic E-state index is 11.6. The number of ether oxygens (including phenoxy) is 1. The monoisotopic (exact) mass is 374 g/mol. The smallest absolute Gasteiger partial charge is 0.337 e. The summed E-state index contributed by atoms with van der Waals surface area (Å²) in [5.41, 5.74) is 2.77. The second-order valence-corrected chi connectivity index (χ2v) is 7.16. The van der Waals surface area contributed by atoms with Gasteiger partial charge in [-0.1, -0.05) is 30.7 Å². The molecule has 1 N–H and O–H groups in total. The standard InChI is InChI=1S/C21H34N4O2/c1-8-16(4)20(13-14-25(6)24-23-17(5)15(2)3)22-19-11-9-18(10-12-19)21(26)27-7/h8-12,15,17,20,22H,13-14H2,1-7H3/b16-8+,24-23-. The van der Waals surface area contributed by atoms with E-state index in [1.165, 1.54) is 12.7 Å². The molecule has 2 atom stereocenters. The van der Waals surface area contributed by atoms with Gasteiger partial charge in [0.1, 0.15) is 0 Å². The number of nitrogens with zero attached hydrogens (tertiary/aromatic N) is 3. The molecule has 6 nitrogen and oxygen atoms in total. The lowest BCUT2D eigenvalue weighted by atomic mass is 10.0. The lowest BCUT2D eigenvalue weighted by Gasteiger charge is -2.23. The Labute approximate surface area is 163 Å². The average molecular weight is 375 g/mol. The van der Waals surface area contributed by atoms with Crippen molar-refractivity contribution in [2.75, 3.05) is 26.0 Å². The van der Waals surface area contributed by atoms with E-state index >= 15 is 0 Å². The van der Waals surface area contributed by atoms with Gasteiger partial charge in [0.2, 0.25) is 0 Å². The summed E-state index contributed by atoms with van der Waals surface area (Å²) in [4.78, 5) is 11.6. The highest BCUT2D eigenvalue weighted by Gasteiger charge is 2.13. The zero-order valence-corrected chi connectivity index (χ0v) is 17.7. The van der Waals surface area contributed by atoms with Crippen LogP contribution >= 0.6 is 0 Å². The summed E-state index contributed by atoms with van der Waals surface area (Å²) in [5.74, 6) is 0.153. The zero-order valence-electron chi connectivity index (χ0n) is 17.7. The van der Waals surface area contributed by atoms with Gasteiger partial charge in [0.05, 0.1) is 18.7 Å². The van der Waals surface area contributed by atoms with Gasteiger partial charge in [-0.25, -0.2) is 4.79 Å². The SMILES string of the molecule is C/C=C(\C)C(CCN(C)/N=N\C(C)C(C)C)Nc1ccc(C(=O)OC)cc1. The first kappa shape index (κ1) is 22.7. The lowest BCUT2D eigenvalue weighted by molar-refractivity contribution is 0.0601. The van der Waals surface area contributed by atoms with Crippen LogP contribution in [0.4, 0.5) is 5.69 Å². The molecule has 0 aliphatic carbocycles. The largest absolute Gasteiger partial charge is 0.465 e. The van der Waals surface area contributed by atoms with Crippen LogP contribution in [0.15, 0.2) is 46.3 Å². The van der Waals surface area contributed by atoms with Crippen LogP contribution in [0.2, 0.25) is 0 Å². The molecule has 0 fully saturated rings. The zero-order chi connectivity index (χ0) is 20.4. The van der Waals surface area contributed by atoms with Crippen LogP contribution < -0.4 is 5.32 Å². The van der Waals surface area contributed by atoms with E-state index in [-0.39, 0.29) is 18.1 Å². The van der Waals surface area contributed by atoms with E-state index in [4.69, 9.17) is 4.74 Å². The summed E-state index contributed by atoms with van der Waals surface area (Å²) in [6.07, 6.45) is 3.00. The van der Waals surface area contributed by atoms with Gasteiger partial charge in [-0.15, -0.1) is 0 Å². The molecule has 0 saturated heterocycles. The maximum Gasteiger partial charge on any atom is 0.337 e. The molecule has 2 unspecified atom stereocenters. The number of esters is 1. The molecule has 0 spiro atoms. The van der Waals surface area contributed by atoms with E-state index in [9.17, 15) is 4.79 Å². The van der Waals surface area contributed by atoms with Gasteiger partial charge >= 0.3 is 5.97 Å². The Hall–Kier alpha value is -2.37. The number of hydrogen-bond donors (Lipinski definition) is 1. The van der Waals surface area contributed by atoms with Crippen LogP contribution in [-0.4, -0.2) is 43.8 Å². The van der Waals surface area contributed by atoms with E-state index in [0.29, 0.717) is 11.5 Å². The van der Waals surface area contributed by atoms with E-state index in [1.54, 1.807) is 12.1 Å². The molecule has 0 radical (unpaired) electrons. The molecule has 0 amide bonds. The van der Waals surface area contributed by atoms with Crippen LogP contribution in [0.3, 0.4) is 0 Å². The van der Waals surface area contributed by atoms with Gasteiger partial charge in [0.15, 0.2) is 0 Å². The summed E-state index contributed by atoms with van der Waals surface area (Å²) in [6, 6.07) is 7.73. The molecule has 1 aromatic rings. The minimum Gasteiger partial charge on any atom is -0.465 e. The number of hydrogen-bond acceptors (Lipinski definition) is 5. The highest BCUT2D eigenvalue weighted by molar-refractivity contribution is 5.89. The molecule has 27 heavy (non-hydrogen) atoms. The minimum atomic E-state index is -0.328. The first-order valence-corrected chi connectivity index (χ1v) is 9.48. The van der Waals surface area contributed by atoms with Crippen LogP contribution in [0.25, 0.3) is 0 Å². The van der Waals surface area contributed by atoms with Crippen molar-refractivity contribution in [3.63, 3.8) is 0 Å². The second-order valence-electron chi connectivity index (χ2n) is 7.16. The first-order chi connectivity index (χ1) is 12.8. The maximum absolute atomic E-state index is 11.6. The Kier molecular flexibility index (Phi) is 9.54. The number of nitrogens with one attached hydrogen (secondary N) is 1. The van der Waals surface area contributed by atoms with E-state index < -0.39 is 0 Å². The molecule has 1 rings (SSSR count). The third-order valence-corrected chi connectivity index (χ3v) is 4.74. The van der Waals surface area contributed by atoms with Crippen molar-refractivity contribution in [3.05, 3.63) is 41.5 Å². The molecule has 0 aliphatic heterocycles. The minimum absolute atomic E-state index is 0.180. The van der Waals surface area contributed by atoms with Crippen molar-refractivity contribution in [1.29, 1.82) is 0 Å². The van der Waals surface area contributed by atoms with Gasteiger partial charge in [0, 0.05) is 25.3 Å². The topological polar surface area (TPSA) is 66.3 Å². The van der Waals surface area contributed by atoms with Crippen molar-refractivity contribution < 1.29 is 9.53 Å². The molecule has 6 heteroatoms. The van der Waals surface area contributed by atoms with Crippen molar-refractivity contribution >= 4 is 11.7 Å². The highest BCUT2D eigenvalue weighted by atomic mass is 16.5. The Balaban J connectivity index is 2.70. The van der Waals surface area contributed by atoms with Crippen molar-refractivity contribution in [3.8, 4) is 0 Å². The highest BCUT2D eigenvalue weighted by Crippen LogP contribution is 2.17. The Morgan fingerprint density at radius 2 is 1.89 bits per heavy atom. The van der Waals surface area contributed by atoms with Gasteiger partial charge in [-0.05, 0) is 57.4 Å². The molecule has 0 saturated carbocycles. The molecule has 0 heterocycles. The summed E-state index contributed by atoms with van der Waals surface area (Å²) < 4.78 is 4.74. The number of allylic oxidation sites excluding steroid dienone is 1. The van der Waals surface area contributed by atoms with Crippen LogP contribution in [0, 0.1) is 5.92 Å². The van der Waals surface area contributed by atoms with Gasteiger partial charge < -0.3 is 10.1 Å². The average Bonchev–Trinajstić information content (AvgIpc) is 2.68. The first-order valence-electron chi connectivity index (χ1n) is 9.48. The molecule has 0 aliphatic rings. The second kappa shape index (κ2) is 11.4. The predicted octanol–water partition coefficient (Wildman–Crippen LogP) is 4.95. The number of carbonyl (C=O) groups is 1. The fraction of sp³-hybridized carbons (Fsp3) is 0.571. The summed E-state index contributed by atoms with van der Waals surface area (Å²) in [6.45, 7) is 11.3. The predicted molar refractivity (Wildman–Crippen MR) is 111 cm³/mol. The molecular weight excluding hydrogens is 340 g/mol. The van der Waals surface area contributed by atoms with E-state index in [2.05, 4.69) is 49.4 Å². The van der Waals surface area contributed by atoms with Crippen LogP contribution in [0.5, 0.6) is 0 Å². The molecular formula is C21H34N4O2. The number of carbonyl (C=O) groups excluding carboxylic acids is 1. The van der Waals surface area contributed by atoms with E-state index in [1.807, 2.05) is 31.1 Å². The fourth-order valence-corrected chi connectivity index (χ4v) is 2.30. The third kappa shape index (κ3) is 7.81. The molecule has 0 aromatic heterocycles. The Morgan fingerprint density at radius 1 is 1.26 bits per heavy atom. The summed E-state index contributed by atoms with van der Waals surface area (Å²) in [5, 5.41) is 14.1. The van der Waals surface area contributed by atoms with Crippen LogP contribution in [-0.2, 0) is 4.74 Å². The summed E-state index contributed by atoms with van der Waals surface area (Å²) in [7, 11) is 3.33. The van der Waals surface area contributed by atoms with Gasteiger partial charge in [-0.2, -0.15) is 5.11 Å². The summed E-state index contributed by atoms with van der Waals surface area (Å²) >= 11 is 0. The fourth-order valence-electron chi connectivity index (χ4n) is 2.30. The Bertz CT molecular complexity index is 638. The number of anilines is 1. The normalized spacial score (nSPS) is 14.3. The van der Waals surface area contributed by atoms with Crippen molar-refractivity contribution in [1.82, 2.24) is 5.01 Å². The van der Waals surface area contributed by atoms with Crippen molar-refractivity contribution in [2.45, 2.75) is 53.1 Å². The Morgan fingerprint density at radius 3 is 2.41 bits per heavy atom. The van der Waals surface area contributed by atoms with Gasteiger partial charge in [-0.3, -0.25) is 5.01 Å². The van der Waals surface area contributed by atoms with Crippen molar-refractivity contribution in [2.24, 2.45) is 16.3 Å². The molecule has 150 valence electrons. The third-order valence-electron chi connectivity index (χ3n) is 4.74. The van der Waals surface area contributed by atoms with E-state index in [0.717, 1.165) is 18.7 Å². The van der Waals surface area contributed by atoms with Gasteiger partial charge in [0.25, 0.3) is 0 Å². The number of rotatable bonds is 10. The quantitative estimate of drug-likeness (QED) is 0.272. The number of benzene rings is 1. The number of methoxy groups -OCH3 is 1. The molecule has 1 aromatic carbocycles.